The molecule has 6 heteroatoms. The minimum atomic E-state index is -0.656. The van der Waals surface area contributed by atoms with Gasteiger partial charge in [-0.1, -0.05) is 0 Å². The van der Waals surface area contributed by atoms with Crippen LogP contribution >= 0.6 is 9.90 Å². The molecule has 0 aromatic rings. The number of hydrogen-bond donors (Lipinski definition) is 1. The molecule has 1 saturated carbocycles. The summed E-state index contributed by atoms with van der Waals surface area (Å²) in [6.45, 7) is 1.83. The summed E-state index contributed by atoms with van der Waals surface area (Å²) in [5.41, 5.74) is -0.486. The van der Waals surface area contributed by atoms with E-state index in [0.717, 1.165) is 25.7 Å². The Hall–Kier alpha value is 1.13. The molecule has 0 aliphatic heterocycles. The SMILES string of the molecule is CC1(C(=O)O)CCC([O][Tl])CC1.P.[SH-]. The van der Waals surface area contributed by atoms with Gasteiger partial charge in [-0.05, 0) is 0 Å². The Morgan fingerprint density at radius 1 is 1.50 bits per heavy atom. The molecule has 14 heavy (non-hydrogen) atoms. The Labute approximate surface area is 112 Å². The quantitative estimate of drug-likeness (QED) is 0.307. The second-order valence-electron chi connectivity index (χ2n) is 3.70. The first-order chi connectivity index (χ1) is 5.58. The largest absolute Gasteiger partial charge is 0.813 e. The number of hydrogen-bond acceptors (Lipinski definition) is 3. The zero-order valence-electron chi connectivity index (χ0n) is 8.40. The van der Waals surface area contributed by atoms with Crippen LogP contribution in [0.5, 0.6) is 0 Å². The summed E-state index contributed by atoms with van der Waals surface area (Å²) in [5, 5.41) is 8.93. The maximum Gasteiger partial charge on any atom is -0.153 e. The molecule has 1 rings (SSSR count). The van der Waals surface area contributed by atoms with Gasteiger partial charge in [0.1, 0.15) is 0 Å². The zero-order chi connectivity index (χ0) is 9.19. The number of rotatable bonds is 2. The second-order valence-corrected chi connectivity index (χ2v) is 4.76. The maximum absolute atomic E-state index is 10.8. The van der Waals surface area contributed by atoms with E-state index in [0.29, 0.717) is 32.3 Å². The van der Waals surface area contributed by atoms with Crippen LogP contribution in [0.15, 0.2) is 0 Å². The van der Waals surface area contributed by atoms with Crippen LogP contribution in [-0.4, -0.2) is 43.4 Å². The minimum Gasteiger partial charge on any atom is -0.813 e. The van der Waals surface area contributed by atoms with Crippen LogP contribution in [0, 0.1) is 5.41 Å². The van der Waals surface area contributed by atoms with Crippen LogP contribution in [0.25, 0.3) is 0 Å². The number of thiol groups is 1. The molecule has 3 nitrogen and oxygen atoms in total. The minimum absolute atomic E-state index is 0. The Morgan fingerprint density at radius 3 is 2.21 bits per heavy atom. The van der Waals surface area contributed by atoms with Crippen molar-refractivity contribution < 1.29 is 12.6 Å². The molecule has 0 saturated heterocycles. The van der Waals surface area contributed by atoms with Gasteiger partial charge in [-0.3, -0.25) is 0 Å². The molecule has 1 aliphatic carbocycles. The smallest absolute Gasteiger partial charge is 0.153 e. The first kappa shape index (κ1) is 17.5. The zero-order valence-corrected chi connectivity index (χ0v) is 15.2. The van der Waals surface area contributed by atoms with E-state index in [-0.39, 0.29) is 23.4 Å². The Balaban J connectivity index is 0. The van der Waals surface area contributed by atoms with E-state index in [1.165, 1.54) is 0 Å². The summed E-state index contributed by atoms with van der Waals surface area (Å²) in [5.74, 6) is -0.656. The molecule has 0 bridgehead atoms. The molecular weight excluding hydrogens is 412 g/mol. The van der Waals surface area contributed by atoms with Crippen molar-refractivity contribution in [3.63, 3.8) is 0 Å². The molecule has 0 aromatic carbocycles. The summed E-state index contributed by atoms with van der Waals surface area (Å²) in [6.07, 6.45) is 3.71. The first-order valence-electron chi connectivity index (χ1n) is 4.17. The molecule has 0 aromatic heterocycles. The maximum atomic E-state index is 10.8. The molecule has 0 heterocycles. The predicted octanol–water partition coefficient (Wildman–Crippen LogP) is 0.908. The van der Waals surface area contributed by atoms with Gasteiger partial charge in [0.05, 0.1) is 0 Å². The van der Waals surface area contributed by atoms with E-state index in [2.05, 4.69) is 0 Å². The second kappa shape index (κ2) is 7.41. The van der Waals surface area contributed by atoms with Crippen LogP contribution in [0.1, 0.15) is 32.6 Å². The predicted molar refractivity (Wildman–Crippen MR) is 64.7 cm³/mol. The summed E-state index contributed by atoms with van der Waals surface area (Å²) < 4.78 is 5.34. The summed E-state index contributed by atoms with van der Waals surface area (Å²) in [7, 11) is 0. The normalized spacial score (nSPS) is 31.0. The molecule has 1 aliphatic rings. The number of carboxylic acids is 1. The van der Waals surface area contributed by atoms with Crippen LogP contribution in [0.2, 0.25) is 0 Å². The third kappa shape index (κ3) is 4.33. The van der Waals surface area contributed by atoms with Crippen LogP contribution in [0.3, 0.4) is 0 Å². The average Bonchev–Trinajstić information content (AvgIpc) is 2.06. The monoisotopic (exact) mass is 429 g/mol. The standard InChI is InChI=1S/C8H13O3.H3P.H2S.Tl/c1-8(7(10)11)4-2-6(9)3-5-8;;;/h6H,2-5H2,1H3,(H,10,11);1H3;1H2;/q-1;;;+1/p-1. The van der Waals surface area contributed by atoms with Crippen molar-refractivity contribution in [3.8, 4) is 0 Å². The molecule has 1 atom stereocenters. The van der Waals surface area contributed by atoms with Crippen molar-refractivity contribution in [2.24, 2.45) is 5.41 Å². The van der Waals surface area contributed by atoms with E-state index in [4.69, 9.17) is 7.79 Å². The number of carbonyl (C=O) groups is 1. The van der Waals surface area contributed by atoms with Gasteiger partial charge in [0.25, 0.3) is 0 Å². The van der Waals surface area contributed by atoms with Crippen molar-refractivity contribution in [2.75, 3.05) is 0 Å². The summed E-state index contributed by atoms with van der Waals surface area (Å²) in [4.78, 5) is 10.8. The molecule has 0 spiro atoms. The third-order valence-electron chi connectivity index (χ3n) is 2.74. The molecule has 0 radical (unpaired) electrons. The van der Waals surface area contributed by atoms with Gasteiger partial charge in [0.2, 0.25) is 0 Å². The van der Waals surface area contributed by atoms with Gasteiger partial charge in [-0.2, -0.15) is 9.90 Å². The van der Waals surface area contributed by atoms with E-state index in [9.17, 15) is 4.79 Å². The summed E-state index contributed by atoms with van der Waals surface area (Å²) >= 11 is 0.578. The van der Waals surface area contributed by atoms with Crippen molar-refractivity contribution in [3.05, 3.63) is 0 Å². The number of carboxylic acid groups (broad SMARTS) is 1. The van der Waals surface area contributed by atoms with E-state index < -0.39 is 11.4 Å². The van der Waals surface area contributed by atoms with Crippen molar-refractivity contribution >= 4 is 55.6 Å². The van der Waals surface area contributed by atoms with Gasteiger partial charge < -0.3 is 13.5 Å². The van der Waals surface area contributed by atoms with Crippen molar-refractivity contribution in [1.82, 2.24) is 0 Å². The van der Waals surface area contributed by atoms with Crippen LogP contribution < -0.4 is 0 Å². The van der Waals surface area contributed by atoms with E-state index in [1.54, 1.807) is 0 Å². The van der Waals surface area contributed by atoms with E-state index >= 15 is 0 Å². The van der Waals surface area contributed by atoms with Crippen LogP contribution in [-0.2, 0) is 21.0 Å². The fraction of sp³-hybridized carbons (Fsp3) is 0.875. The third-order valence-corrected chi connectivity index (χ3v) is 4.24. The average molecular weight is 429 g/mol. The Morgan fingerprint density at radius 2 is 1.93 bits per heavy atom. The fourth-order valence-corrected chi connectivity index (χ4v) is 2.64. The topological polar surface area (TPSA) is 46.5 Å². The molecule has 1 unspecified atom stereocenters. The molecule has 1 fully saturated rings. The Kier molecular flexibility index (Phi) is 9.28. The number of aliphatic carboxylic acids is 1. The fourth-order valence-electron chi connectivity index (χ4n) is 1.58. The molecule has 0 amide bonds. The van der Waals surface area contributed by atoms with Crippen molar-refractivity contribution in [2.45, 2.75) is 38.7 Å². The summed E-state index contributed by atoms with van der Waals surface area (Å²) in [6, 6.07) is 0. The van der Waals surface area contributed by atoms with Crippen molar-refractivity contribution in [1.29, 1.82) is 0 Å². The van der Waals surface area contributed by atoms with Gasteiger partial charge in [-0.15, -0.1) is 0 Å². The van der Waals surface area contributed by atoms with Gasteiger partial charge in [0.15, 0.2) is 0 Å². The van der Waals surface area contributed by atoms with Gasteiger partial charge in [-0.25, -0.2) is 0 Å². The van der Waals surface area contributed by atoms with Gasteiger partial charge >= 0.3 is 88.9 Å². The van der Waals surface area contributed by atoms with Gasteiger partial charge in [0, 0.05) is 0 Å². The Bertz CT molecular complexity index is 183. The molecule has 82 valence electrons. The van der Waals surface area contributed by atoms with Crippen LogP contribution in [0.4, 0.5) is 0 Å². The molecule has 1 N–H and O–H groups in total. The first-order valence-corrected chi connectivity index (χ1v) is 6.01. The van der Waals surface area contributed by atoms with E-state index in [1.807, 2.05) is 6.92 Å². The molecular formula is C8H17O3PSTl-.